The Hall–Kier alpha value is 0.170. The van der Waals surface area contributed by atoms with Gasteiger partial charge in [-0.25, -0.2) is 0 Å². The maximum absolute atomic E-state index is 8.79. The lowest BCUT2D eigenvalue weighted by Gasteiger charge is -2.29. The van der Waals surface area contributed by atoms with E-state index in [0.717, 1.165) is 25.9 Å². The molecule has 2 rings (SSSR count). The number of hydrogen-bond donors (Lipinski definition) is 2. The van der Waals surface area contributed by atoms with Crippen molar-refractivity contribution in [1.29, 1.82) is 0 Å². The van der Waals surface area contributed by atoms with Crippen LogP contribution in [0.4, 0.5) is 0 Å². The molecule has 1 saturated heterocycles. The Morgan fingerprint density at radius 3 is 2.82 bits per heavy atom. The standard InChI is InChI=1S/C7H13NO2.ClH/c9-4-6-3-8-5-7(10-6)1-2-7;/h6,8-9H,1-5H2;1H/t6-;/m1./s1. The zero-order chi connectivity index (χ0) is 7.03. The van der Waals surface area contributed by atoms with Gasteiger partial charge in [-0.2, -0.15) is 0 Å². The summed E-state index contributed by atoms with van der Waals surface area (Å²) in [6.07, 6.45) is 2.36. The molecule has 1 atom stereocenters. The van der Waals surface area contributed by atoms with Gasteiger partial charge in [0.05, 0.1) is 18.3 Å². The van der Waals surface area contributed by atoms with E-state index in [0.29, 0.717) is 0 Å². The molecule has 3 nitrogen and oxygen atoms in total. The van der Waals surface area contributed by atoms with Crippen molar-refractivity contribution in [2.45, 2.75) is 24.5 Å². The van der Waals surface area contributed by atoms with Gasteiger partial charge >= 0.3 is 0 Å². The molecule has 1 aliphatic heterocycles. The maximum atomic E-state index is 8.79. The van der Waals surface area contributed by atoms with E-state index < -0.39 is 0 Å². The van der Waals surface area contributed by atoms with E-state index in [9.17, 15) is 0 Å². The first-order valence-electron chi connectivity index (χ1n) is 3.84. The van der Waals surface area contributed by atoms with Gasteiger partial charge < -0.3 is 15.2 Å². The second kappa shape index (κ2) is 3.27. The lowest BCUT2D eigenvalue weighted by atomic mass is 10.2. The lowest BCUT2D eigenvalue weighted by Crippen LogP contribution is -2.47. The van der Waals surface area contributed by atoms with E-state index >= 15 is 0 Å². The second-order valence-corrected chi connectivity index (χ2v) is 3.24. The van der Waals surface area contributed by atoms with Crippen LogP contribution in [0.25, 0.3) is 0 Å². The zero-order valence-corrected chi connectivity index (χ0v) is 7.19. The topological polar surface area (TPSA) is 41.5 Å². The highest BCUT2D eigenvalue weighted by Gasteiger charge is 2.47. The van der Waals surface area contributed by atoms with Gasteiger partial charge in [0, 0.05) is 13.1 Å². The third-order valence-corrected chi connectivity index (χ3v) is 2.25. The van der Waals surface area contributed by atoms with Gasteiger partial charge in [-0.1, -0.05) is 0 Å². The van der Waals surface area contributed by atoms with Crippen LogP contribution in [0.3, 0.4) is 0 Å². The molecule has 0 aromatic rings. The van der Waals surface area contributed by atoms with Crippen molar-refractivity contribution < 1.29 is 9.84 Å². The number of aliphatic hydroxyl groups excluding tert-OH is 1. The lowest BCUT2D eigenvalue weighted by molar-refractivity contribution is -0.0755. The molecule has 0 radical (unpaired) electrons. The molecule has 66 valence electrons. The Labute approximate surface area is 72.5 Å². The summed E-state index contributed by atoms with van der Waals surface area (Å²) in [5.41, 5.74) is 0.131. The Morgan fingerprint density at radius 1 is 1.55 bits per heavy atom. The molecule has 2 fully saturated rings. The molecule has 11 heavy (non-hydrogen) atoms. The van der Waals surface area contributed by atoms with Crippen molar-refractivity contribution >= 4 is 12.4 Å². The highest BCUT2D eigenvalue weighted by atomic mass is 35.5. The van der Waals surface area contributed by atoms with Crippen LogP contribution < -0.4 is 5.32 Å². The van der Waals surface area contributed by atoms with E-state index in [1.807, 2.05) is 0 Å². The molecule has 0 unspecified atom stereocenters. The molecule has 4 heteroatoms. The minimum absolute atomic E-state index is 0. The second-order valence-electron chi connectivity index (χ2n) is 3.24. The Balaban J connectivity index is 0.000000605. The average molecular weight is 180 g/mol. The molecular formula is C7H14ClNO2. The van der Waals surface area contributed by atoms with Crippen molar-refractivity contribution in [2.24, 2.45) is 0 Å². The highest BCUT2D eigenvalue weighted by molar-refractivity contribution is 5.85. The van der Waals surface area contributed by atoms with Crippen LogP contribution in [0, 0.1) is 0 Å². The predicted octanol–water partition coefficient (Wildman–Crippen LogP) is -0.0785. The molecular weight excluding hydrogens is 166 g/mol. The average Bonchev–Trinajstić information content (AvgIpc) is 2.70. The van der Waals surface area contributed by atoms with Crippen LogP contribution in [0.1, 0.15) is 12.8 Å². The number of aliphatic hydroxyl groups is 1. The SMILES string of the molecule is Cl.OC[C@H]1CNCC2(CC2)O1. The van der Waals surface area contributed by atoms with Crippen molar-refractivity contribution in [1.82, 2.24) is 5.32 Å². The number of halogens is 1. The fourth-order valence-electron chi connectivity index (χ4n) is 1.43. The molecule has 2 aliphatic rings. The Kier molecular flexibility index (Phi) is 2.75. The van der Waals surface area contributed by atoms with Crippen LogP contribution in [0.5, 0.6) is 0 Å². The summed E-state index contributed by atoms with van der Waals surface area (Å²) in [7, 11) is 0. The first kappa shape index (κ1) is 9.26. The Bertz CT molecular complexity index is 138. The van der Waals surface area contributed by atoms with E-state index in [1.165, 1.54) is 0 Å². The molecule has 1 aliphatic carbocycles. The smallest absolute Gasteiger partial charge is 0.0937 e. The highest BCUT2D eigenvalue weighted by Crippen LogP contribution is 2.41. The molecule has 1 saturated carbocycles. The van der Waals surface area contributed by atoms with Crippen LogP contribution in [0.2, 0.25) is 0 Å². The van der Waals surface area contributed by atoms with E-state index in [4.69, 9.17) is 9.84 Å². The van der Waals surface area contributed by atoms with Gasteiger partial charge in [0.25, 0.3) is 0 Å². The summed E-state index contributed by atoms with van der Waals surface area (Å²) in [6.45, 7) is 1.93. The molecule has 1 spiro atoms. The van der Waals surface area contributed by atoms with E-state index in [1.54, 1.807) is 0 Å². The molecule has 0 aromatic heterocycles. The number of rotatable bonds is 1. The molecule has 0 bridgehead atoms. The summed E-state index contributed by atoms with van der Waals surface area (Å²) < 4.78 is 5.62. The number of hydrogen-bond acceptors (Lipinski definition) is 3. The predicted molar refractivity (Wildman–Crippen MR) is 44.0 cm³/mol. The van der Waals surface area contributed by atoms with Gasteiger partial charge in [-0.3, -0.25) is 0 Å². The summed E-state index contributed by atoms with van der Waals surface area (Å²) >= 11 is 0. The van der Waals surface area contributed by atoms with E-state index in [-0.39, 0.29) is 30.7 Å². The van der Waals surface area contributed by atoms with Crippen LogP contribution in [-0.4, -0.2) is 36.5 Å². The fourth-order valence-corrected chi connectivity index (χ4v) is 1.43. The van der Waals surface area contributed by atoms with Crippen molar-refractivity contribution in [3.8, 4) is 0 Å². The van der Waals surface area contributed by atoms with E-state index in [2.05, 4.69) is 5.32 Å². The molecule has 0 amide bonds. The first-order chi connectivity index (χ1) is 4.85. The van der Waals surface area contributed by atoms with Crippen molar-refractivity contribution in [3.63, 3.8) is 0 Å². The molecule has 0 aromatic carbocycles. The monoisotopic (exact) mass is 179 g/mol. The van der Waals surface area contributed by atoms with Crippen LogP contribution in [0.15, 0.2) is 0 Å². The maximum Gasteiger partial charge on any atom is 0.0937 e. The van der Waals surface area contributed by atoms with Gasteiger partial charge in [-0.05, 0) is 12.8 Å². The summed E-state index contributed by atoms with van der Waals surface area (Å²) in [6, 6.07) is 0. The first-order valence-corrected chi connectivity index (χ1v) is 3.84. The molecule has 2 N–H and O–H groups in total. The van der Waals surface area contributed by atoms with Crippen molar-refractivity contribution in [2.75, 3.05) is 19.7 Å². The number of nitrogens with one attached hydrogen (secondary N) is 1. The summed E-state index contributed by atoms with van der Waals surface area (Å²) in [5.74, 6) is 0. The minimum Gasteiger partial charge on any atom is -0.394 e. The van der Waals surface area contributed by atoms with Crippen LogP contribution >= 0.6 is 12.4 Å². The van der Waals surface area contributed by atoms with Crippen LogP contribution in [-0.2, 0) is 4.74 Å². The third kappa shape index (κ3) is 1.85. The molecule has 1 heterocycles. The fraction of sp³-hybridized carbons (Fsp3) is 1.00. The van der Waals surface area contributed by atoms with Crippen molar-refractivity contribution in [3.05, 3.63) is 0 Å². The van der Waals surface area contributed by atoms with Gasteiger partial charge in [0.1, 0.15) is 0 Å². The largest absolute Gasteiger partial charge is 0.394 e. The zero-order valence-electron chi connectivity index (χ0n) is 6.38. The summed E-state index contributed by atoms with van der Waals surface area (Å²) in [4.78, 5) is 0. The van der Waals surface area contributed by atoms with Gasteiger partial charge in [-0.15, -0.1) is 12.4 Å². The normalized spacial score (nSPS) is 33.0. The third-order valence-electron chi connectivity index (χ3n) is 2.25. The van der Waals surface area contributed by atoms with Gasteiger partial charge in [0.15, 0.2) is 0 Å². The van der Waals surface area contributed by atoms with Gasteiger partial charge in [0.2, 0.25) is 0 Å². The number of ether oxygens (including phenoxy) is 1. The minimum atomic E-state index is 0. The number of morpholine rings is 1. The summed E-state index contributed by atoms with van der Waals surface area (Å²) in [5, 5.41) is 12.0. The Morgan fingerprint density at radius 2 is 2.27 bits per heavy atom. The quantitative estimate of drug-likeness (QED) is 0.592.